The molecule has 1 aromatic rings. The fourth-order valence-electron chi connectivity index (χ4n) is 4.37. The first-order valence-corrected chi connectivity index (χ1v) is 8.41. The lowest BCUT2D eigenvalue weighted by molar-refractivity contribution is -0.134. The number of nitrogens with zero attached hydrogens (tertiary/aromatic N) is 3. The van der Waals surface area contributed by atoms with Crippen molar-refractivity contribution in [2.75, 3.05) is 7.05 Å². The van der Waals surface area contributed by atoms with Crippen molar-refractivity contribution >= 4 is 30.7 Å². The van der Waals surface area contributed by atoms with E-state index in [-0.39, 0.29) is 36.6 Å². The van der Waals surface area contributed by atoms with E-state index < -0.39 is 0 Å². The summed E-state index contributed by atoms with van der Waals surface area (Å²) in [6, 6.07) is 1.60. The molecule has 138 valence electrons. The molecule has 7 heteroatoms. The van der Waals surface area contributed by atoms with Crippen molar-refractivity contribution in [2.45, 2.75) is 70.5 Å². The number of carbonyl (C=O) groups excluding carboxylic acids is 1. The molecule has 1 N–H and O–H groups in total. The van der Waals surface area contributed by atoms with E-state index >= 15 is 0 Å². The average Bonchev–Trinajstić information content (AvgIpc) is 2.95. The zero-order valence-corrected chi connectivity index (χ0v) is 16.8. The standard InChI is InChI=1S/C17H28N4O.2ClH/c1-10(16-11(2)19-21(5)12(16)3)17(22)20(4)15-8-13-6-7-14(9-15)18-13;;/h10,13-15,18H,6-9H2,1-5H3;2*1H. The van der Waals surface area contributed by atoms with E-state index in [2.05, 4.69) is 10.4 Å². The zero-order valence-electron chi connectivity index (χ0n) is 15.2. The van der Waals surface area contributed by atoms with E-state index in [9.17, 15) is 4.79 Å². The van der Waals surface area contributed by atoms with Gasteiger partial charge >= 0.3 is 0 Å². The van der Waals surface area contributed by atoms with Crippen LogP contribution in [-0.4, -0.2) is 45.8 Å². The minimum absolute atomic E-state index is 0. The molecule has 2 bridgehead atoms. The first-order valence-electron chi connectivity index (χ1n) is 8.41. The maximum Gasteiger partial charge on any atom is 0.229 e. The predicted octanol–water partition coefficient (Wildman–Crippen LogP) is 2.73. The second kappa shape index (κ2) is 8.07. The quantitative estimate of drug-likeness (QED) is 0.881. The molecule has 3 atom stereocenters. The van der Waals surface area contributed by atoms with Gasteiger partial charge in [0.15, 0.2) is 0 Å². The summed E-state index contributed by atoms with van der Waals surface area (Å²) in [6.45, 7) is 6.06. The number of fused-ring (bicyclic) bond motifs is 2. The van der Waals surface area contributed by atoms with Crippen molar-refractivity contribution in [1.29, 1.82) is 0 Å². The first-order chi connectivity index (χ1) is 10.4. The van der Waals surface area contributed by atoms with Crippen molar-refractivity contribution in [3.05, 3.63) is 17.0 Å². The van der Waals surface area contributed by atoms with Gasteiger partial charge in [-0.3, -0.25) is 9.48 Å². The summed E-state index contributed by atoms with van der Waals surface area (Å²) in [5.74, 6) is 0.108. The van der Waals surface area contributed by atoms with Gasteiger partial charge in [-0.1, -0.05) is 0 Å². The van der Waals surface area contributed by atoms with Crippen LogP contribution >= 0.6 is 24.8 Å². The number of rotatable bonds is 3. The van der Waals surface area contributed by atoms with E-state index in [1.54, 1.807) is 0 Å². The molecule has 3 heterocycles. The molecule has 1 amide bonds. The first kappa shape index (κ1) is 21.3. The highest BCUT2D eigenvalue weighted by Gasteiger charge is 2.37. The molecule has 2 aliphatic rings. The van der Waals surface area contributed by atoms with Crippen molar-refractivity contribution in [2.24, 2.45) is 7.05 Å². The highest BCUT2D eigenvalue weighted by atomic mass is 35.5. The molecule has 3 rings (SSSR count). The van der Waals surface area contributed by atoms with E-state index in [0.29, 0.717) is 18.1 Å². The van der Waals surface area contributed by atoms with Crippen LogP contribution in [0.4, 0.5) is 0 Å². The smallest absolute Gasteiger partial charge is 0.229 e. The number of carbonyl (C=O) groups is 1. The highest BCUT2D eigenvalue weighted by molar-refractivity contribution is 5.85. The van der Waals surface area contributed by atoms with Gasteiger partial charge in [0.1, 0.15) is 0 Å². The third kappa shape index (κ3) is 3.73. The Morgan fingerprint density at radius 2 is 1.79 bits per heavy atom. The van der Waals surface area contributed by atoms with Crippen molar-refractivity contribution < 1.29 is 4.79 Å². The number of amides is 1. The molecule has 2 saturated heterocycles. The summed E-state index contributed by atoms with van der Waals surface area (Å²) in [5.41, 5.74) is 3.16. The van der Waals surface area contributed by atoms with Gasteiger partial charge < -0.3 is 10.2 Å². The minimum Gasteiger partial charge on any atom is -0.342 e. The topological polar surface area (TPSA) is 50.2 Å². The fourth-order valence-corrected chi connectivity index (χ4v) is 4.37. The minimum atomic E-state index is -0.119. The van der Waals surface area contributed by atoms with Crippen LogP contribution < -0.4 is 5.32 Å². The Morgan fingerprint density at radius 3 is 2.25 bits per heavy atom. The van der Waals surface area contributed by atoms with Gasteiger partial charge in [0.05, 0.1) is 11.6 Å². The Morgan fingerprint density at radius 1 is 1.25 bits per heavy atom. The second-order valence-electron chi connectivity index (χ2n) is 7.14. The molecule has 0 spiro atoms. The largest absolute Gasteiger partial charge is 0.342 e. The highest BCUT2D eigenvalue weighted by Crippen LogP contribution is 2.31. The summed E-state index contributed by atoms with van der Waals surface area (Å²) < 4.78 is 1.87. The third-order valence-electron chi connectivity index (χ3n) is 5.71. The monoisotopic (exact) mass is 376 g/mol. The Labute approximate surface area is 157 Å². The molecule has 2 fully saturated rings. The number of halogens is 2. The number of likely N-dealkylation sites (N-methyl/N-ethyl adjacent to an activating group) is 1. The molecule has 1 aromatic heterocycles. The van der Waals surface area contributed by atoms with Crippen molar-refractivity contribution in [1.82, 2.24) is 20.0 Å². The van der Waals surface area contributed by atoms with E-state index in [1.807, 2.05) is 44.4 Å². The van der Waals surface area contributed by atoms with Crippen LogP contribution in [0.1, 0.15) is 55.5 Å². The molecule has 0 aliphatic carbocycles. The molecule has 3 unspecified atom stereocenters. The summed E-state index contributed by atoms with van der Waals surface area (Å²) in [5, 5.41) is 8.10. The van der Waals surface area contributed by atoms with Gasteiger partial charge in [-0.25, -0.2) is 0 Å². The third-order valence-corrected chi connectivity index (χ3v) is 5.71. The average molecular weight is 377 g/mol. The molecule has 2 aliphatic heterocycles. The Balaban J connectivity index is 0.00000144. The van der Waals surface area contributed by atoms with E-state index in [4.69, 9.17) is 0 Å². The van der Waals surface area contributed by atoms with Gasteiger partial charge in [-0.05, 0) is 46.5 Å². The molecular weight excluding hydrogens is 347 g/mol. The zero-order chi connectivity index (χ0) is 16.0. The second-order valence-corrected chi connectivity index (χ2v) is 7.14. The summed E-state index contributed by atoms with van der Waals surface area (Å²) in [6.07, 6.45) is 4.71. The van der Waals surface area contributed by atoms with E-state index in [1.165, 1.54) is 12.8 Å². The number of aromatic nitrogens is 2. The Hall–Kier alpha value is -0.780. The lowest BCUT2D eigenvalue weighted by Crippen LogP contribution is -2.49. The summed E-state index contributed by atoms with van der Waals surface area (Å²) >= 11 is 0. The van der Waals surface area contributed by atoms with Gasteiger partial charge in [0, 0.05) is 43.5 Å². The van der Waals surface area contributed by atoms with Crippen LogP contribution in [0.15, 0.2) is 0 Å². The molecule has 5 nitrogen and oxygen atoms in total. The van der Waals surface area contributed by atoms with Gasteiger partial charge in [-0.15, -0.1) is 24.8 Å². The van der Waals surface area contributed by atoms with Crippen molar-refractivity contribution in [3.63, 3.8) is 0 Å². The molecule has 0 aromatic carbocycles. The maximum absolute atomic E-state index is 13.0. The molecular formula is C17H30Cl2N4O. The molecule has 0 radical (unpaired) electrons. The van der Waals surface area contributed by atoms with Crippen LogP contribution in [0.25, 0.3) is 0 Å². The number of nitrogens with one attached hydrogen (secondary N) is 1. The predicted molar refractivity (Wildman–Crippen MR) is 101 cm³/mol. The fraction of sp³-hybridized carbons (Fsp3) is 0.765. The maximum atomic E-state index is 13.0. The van der Waals surface area contributed by atoms with E-state index in [0.717, 1.165) is 29.8 Å². The van der Waals surface area contributed by atoms with Crippen LogP contribution in [0.2, 0.25) is 0 Å². The number of piperidine rings is 1. The van der Waals surface area contributed by atoms with Gasteiger partial charge in [-0.2, -0.15) is 5.10 Å². The summed E-state index contributed by atoms with van der Waals surface area (Å²) in [4.78, 5) is 15.0. The summed E-state index contributed by atoms with van der Waals surface area (Å²) in [7, 11) is 3.92. The van der Waals surface area contributed by atoms with Gasteiger partial charge in [0.25, 0.3) is 0 Å². The Bertz CT molecular complexity index is 577. The van der Waals surface area contributed by atoms with Crippen molar-refractivity contribution in [3.8, 4) is 0 Å². The SMILES string of the molecule is Cc1nn(C)c(C)c1C(C)C(=O)N(C)C1CC2CCC(C1)N2.Cl.Cl. The lowest BCUT2D eigenvalue weighted by Gasteiger charge is -2.36. The normalized spacial score (nSPS) is 26.3. The lowest BCUT2D eigenvalue weighted by atomic mass is 9.94. The van der Waals surface area contributed by atoms with Gasteiger partial charge in [0.2, 0.25) is 5.91 Å². The van der Waals surface area contributed by atoms with Crippen LogP contribution in [-0.2, 0) is 11.8 Å². The van der Waals surface area contributed by atoms with Crippen LogP contribution in [0, 0.1) is 13.8 Å². The Kier molecular flexibility index (Phi) is 7.15. The number of hydrogen-bond donors (Lipinski definition) is 1. The number of aryl methyl sites for hydroxylation is 2. The van der Waals surface area contributed by atoms with Crippen LogP contribution in [0.3, 0.4) is 0 Å². The molecule has 0 saturated carbocycles. The van der Waals surface area contributed by atoms with Crippen LogP contribution in [0.5, 0.6) is 0 Å². The molecule has 24 heavy (non-hydrogen) atoms. The number of hydrogen-bond acceptors (Lipinski definition) is 3.